The SMILES string of the molecule is CNC(=O)C(c1ccccc1)N(c1cccc(OC)c1)[C@H](I)CCc1ccc(C(F)(F)F)cc1. The topological polar surface area (TPSA) is 41.6 Å². The van der Waals surface area contributed by atoms with Crippen LogP contribution >= 0.6 is 22.6 Å². The van der Waals surface area contributed by atoms with Crippen molar-refractivity contribution in [1.29, 1.82) is 0 Å². The van der Waals surface area contributed by atoms with Gasteiger partial charge in [0.1, 0.15) is 11.8 Å². The number of likely N-dealkylation sites (N-methyl/N-ethyl adjacent to an activating group) is 1. The van der Waals surface area contributed by atoms with Gasteiger partial charge < -0.3 is 15.0 Å². The molecule has 3 rings (SSSR count). The Bertz CT molecular complexity index is 1080. The second kappa shape index (κ2) is 11.6. The lowest BCUT2D eigenvalue weighted by Crippen LogP contribution is -2.43. The Balaban J connectivity index is 1.93. The fourth-order valence-electron chi connectivity index (χ4n) is 3.74. The molecule has 180 valence electrons. The molecule has 0 saturated heterocycles. The molecule has 8 heteroatoms. The van der Waals surface area contributed by atoms with Crippen molar-refractivity contribution in [3.05, 3.63) is 95.6 Å². The normalized spacial score (nSPS) is 13.1. The summed E-state index contributed by atoms with van der Waals surface area (Å²) in [5, 5.41) is 2.77. The molecule has 0 fully saturated rings. The number of aryl methyl sites for hydroxylation is 1. The van der Waals surface area contributed by atoms with Crippen molar-refractivity contribution in [2.24, 2.45) is 0 Å². The maximum Gasteiger partial charge on any atom is 0.416 e. The van der Waals surface area contributed by atoms with E-state index in [9.17, 15) is 18.0 Å². The number of benzene rings is 3. The highest BCUT2D eigenvalue weighted by Crippen LogP contribution is 2.36. The van der Waals surface area contributed by atoms with Gasteiger partial charge in [-0.05, 0) is 48.2 Å². The van der Waals surface area contributed by atoms with E-state index in [0.29, 0.717) is 18.6 Å². The number of nitrogens with zero attached hydrogens (tertiary/aromatic N) is 1. The number of amides is 1. The third kappa shape index (κ3) is 6.43. The number of anilines is 1. The Hall–Kier alpha value is -2.75. The molecule has 0 spiro atoms. The second-order valence-electron chi connectivity index (χ2n) is 7.70. The van der Waals surface area contributed by atoms with Gasteiger partial charge in [0.05, 0.1) is 16.7 Å². The van der Waals surface area contributed by atoms with Crippen LogP contribution in [0.3, 0.4) is 0 Å². The van der Waals surface area contributed by atoms with Crippen LogP contribution in [0.1, 0.15) is 29.2 Å². The molecule has 0 heterocycles. The first-order valence-electron chi connectivity index (χ1n) is 10.7. The van der Waals surface area contributed by atoms with Crippen molar-refractivity contribution in [2.45, 2.75) is 29.1 Å². The minimum absolute atomic E-state index is 0.144. The second-order valence-corrected chi connectivity index (χ2v) is 9.14. The van der Waals surface area contributed by atoms with Crippen LogP contribution in [0.5, 0.6) is 5.75 Å². The standard InChI is InChI=1S/C26H26F3IN2O2/c1-31-25(33)24(19-7-4-3-5-8-19)32(21-9-6-10-22(17-21)34-2)23(30)16-13-18-11-14-20(15-12-18)26(27,28)29/h3-12,14-15,17,23-24H,13,16H2,1-2H3,(H,31,33)/t23-,24?/m0/s1. The van der Waals surface area contributed by atoms with Gasteiger partial charge in [-0.1, -0.05) is 71.1 Å². The average molecular weight is 582 g/mol. The number of nitrogens with one attached hydrogen (secondary N) is 1. The molecule has 3 aromatic rings. The summed E-state index contributed by atoms with van der Waals surface area (Å²) in [7, 11) is 3.19. The summed E-state index contributed by atoms with van der Waals surface area (Å²) >= 11 is 2.29. The molecule has 0 aliphatic heterocycles. The van der Waals surface area contributed by atoms with Crippen LogP contribution in [-0.2, 0) is 17.4 Å². The van der Waals surface area contributed by atoms with Gasteiger partial charge in [-0.25, -0.2) is 0 Å². The quantitative estimate of drug-likeness (QED) is 0.180. The summed E-state index contributed by atoms with van der Waals surface area (Å²) < 4.78 is 43.9. The number of ether oxygens (including phenoxy) is 1. The number of hydrogen-bond acceptors (Lipinski definition) is 3. The van der Waals surface area contributed by atoms with Crippen LogP contribution in [0.2, 0.25) is 0 Å². The summed E-state index contributed by atoms with van der Waals surface area (Å²) in [4.78, 5) is 15.1. The number of methoxy groups -OCH3 is 1. The third-order valence-electron chi connectivity index (χ3n) is 5.49. The van der Waals surface area contributed by atoms with E-state index < -0.39 is 17.8 Å². The van der Waals surface area contributed by atoms with Crippen molar-refractivity contribution in [1.82, 2.24) is 5.32 Å². The zero-order chi connectivity index (χ0) is 24.7. The predicted molar refractivity (Wildman–Crippen MR) is 136 cm³/mol. The lowest BCUT2D eigenvalue weighted by Gasteiger charge is -2.37. The van der Waals surface area contributed by atoms with Gasteiger partial charge in [0.25, 0.3) is 0 Å². The molecule has 0 bridgehead atoms. The fourth-order valence-corrected chi connectivity index (χ4v) is 4.69. The highest BCUT2D eigenvalue weighted by Gasteiger charge is 2.32. The first kappa shape index (κ1) is 25.9. The molecule has 3 aromatic carbocycles. The number of alkyl halides is 4. The number of carbonyl (C=O) groups excluding carboxylic acids is 1. The average Bonchev–Trinajstić information content (AvgIpc) is 2.85. The molecule has 0 aliphatic rings. The van der Waals surface area contributed by atoms with Crippen LogP contribution in [0, 0.1) is 0 Å². The summed E-state index contributed by atoms with van der Waals surface area (Å²) in [6, 6.07) is 21.6. The van der Waals surface area contributed by atoms with Crippen LogP contribution in [0.15, 0.2) is 78.9 Å². The van der Waals surface area contributed by atoms with Crippen molar-refractivity contribution >= 4 is 34.2 Å². The molecule has 1 unspecified atom stereocenters. The van der Waals surface area contributed by atoms with Gasteiger partial charge in [0, 0.05) is 18.8 Å². The highest BCUT2D eigenvalue weighted by atomic mass is 127. The first-order chi connectivity index (χ1) is 16.2. The number of rotatable bonds is 9. The zero-order valence-corrected chi connectivity index (χ0v) is 21.0. The first-order valence-corrected chi connectivity index (χ1v) is 12.0. The summed E-state index contributed by atoms with van der Waals surface area (Å²) in [5.41, 5.74) is 1.78. The number of hydrogen-bond donors (Lipinski definition) is 1. The Morgan fingerprint density at radius 3 is 2.29 bits per heavy atom. The highest BCUT2D eigenvalue weighted by molar-refractivity contribution is 14.1. The van der Waals surface area contributed by atoms with E-state index in [4.69, 9.17) is 4.74 Å². The van der Waals surface area contributed by atoms with Gasteiger partial charge >= 0.3 is 6.18 Å². The molecular formula is C26H26F3IN2O2. The van der Waals surface area contributed by atoms with Gasteiger partial charge in [0.15, 0.2) is 0 Å². The lowest BCUT2D eigenvalue weighted by molar-refractivity contribution is -0.137. The molecule has 0 aromatic heterocycles. The maximum atomic E-state index is 13.1. The van der Waals surface area contributed by atoms with Crippen molar-refractivity contribution in [2.75, 3.05) is 19.1 Å². The predicted octanol–water partition coefficient (Wildman–Crippen LogP) is 6.40. The minimum atomic E-state index is -4.36. The zero-order valence-electron chi connectivity index (χ0n) is 18.9. The van der Waals surface area contributed by atoms with Crippen LogP contribution in [0.4, 0.5) is 18.9 Å². The van der Waals surface area contributed by atoms with E-state index in [1.54, 1.807) is 14.2 Å². The van der Waals surface area contributed by atoms with Crippen LogP contribution in [-0.4, -0.2) is 24.1 Å². The number of halogens is 4. The van der Waals surface area contributed by atoms with Crippen LogP contribution < -0.4 is 15.0 Å². The summed E-state index contributed by atoms with van der Waals surface area (Å²) in [6.45, 7) is 0. The van der Waals surface area contributed by atoms with Crippen molar-refractivity contribution in [3.63, 3.8) is 0 Å². The van der Waals surface area contributed by atoms with E-state index in [1.165, 1.54) is 12.1 Å². The van der Waals surface area contributed by atoms with Gasteiger partial charge in [-0.15, -0.1) is 0 Å². The fraction of sp³-hybridized carbons (Fsp3) is 0.269. The minimum Gasteiger partial charge on any atom is -0.497 e. The Kier molecular flexibility index (Phi) is 8.82. The third-order valence-corrected chi connectivity index (χ3v) is 6.72. The van der Waals surface area contributed by atoms with E-state index >= 15 is 0 Å². The smallest absolute Gasteiger partial charge is 0.416 e. The summed E-state index contributed by atoms with van der Waals surface area (Å²) in [6.07, 6.45) is -3.19. The molecule has 1 N–H and O–H groups in total. The molecule has 34 heavy (non-hydrogen) atoms. The molecule has 0 saturated carbocycles. The van der Waals surface area contributed by atoms with Gasteiger partial charge in [0.2, 0.25) is 5.91 Å². The van der Waals surface area contributed by atoms with Crippen molar-refractivity contribution < 1.29 is 22.7 Å². The van der Waals surface area contributed by atoms with E-state index in [1.807, 2.05) is 59.5 Å². The van der Waals surface area contributed by atoms with Gasteiger partial charge in [-0.3, -0.25) is 4.79 Å². The summed E-state index contributed by atoms with van der Waals surface area (Å²) in [5.74, 6) is 0.503. The van der Waals surface area contributed by atoms with Gasteiger partial charge in [-0.2, -0.15) is 13.2 Å². The van der Waals surface area contributed by atoms with E-state index in [-0.39, 0.29) is 9.96 Å². The number of carbonyl (C=O) groups is 1. The Morgan fingerprint density at radius 2 is 1.71 bits per heavy atom. The Labute approximate surface area is 211 Å². The lowest BCUT2D eigenvalue weighted by atomic mass is 10.0. The molecular weight excluding hydrogens is 556 g/mol. The monoisotopic (exact) mass is 582 g/mol. The van der Waals surface area contributed by atoms with E-state index in [0.717, 1.165) is 28.9 Å². The Morgan fingerprint density at radius 1 is 1.03 bits per heavy atom. The maximum absolute atomic E-state index is 13.1. The molecule has 2 atom stereocenters. The van der Waals surface area contributed by atoms with Crippen molar-refractivity contribution in [3.8, 4) is 5.75 Å². The van der Waals surface area contributed by atoms with Crippen LogP contribution in [0.25, 0.3) is 0 Å². The molecule has 0 aliphatic carbocycles. The molecule has 4 nitrogen and oxygen atoms in total. The van der Waals surface area contributed by atoms with E-state index in [2.05, 4.69) is 27.9 Å². The molecule has 1 amide bonds. The largest absolute Gasteiger partial charge is 0.497 e. The molecule has 0 radical (unpaired) electrons.